The van der Waals surface area contributed by atoms with Crippen LogP contribution in [-0.2, 0) is 0 Å². The number of nitrogens with one attached hydrogen (secondary N) is 1. The van der Waals surface area contributed by atoms with Crippen LogP contribution >= 0.6 is 0 Å². The van der Waals surface area contributed by atoms with Crippen LogP contribution in [0, 0.1) is 0 Å². The van der Waals surface area contributed by atoms with Gasteiger partial charge in [0.15, 0.2) is 5.76 Å². The lowest BCUT2D eigenvalue weighted by Gasteiger charge is -2.14. The van der Waals surface area contributed by atoms with Crippen LogP contribution in [0.4, 0.5) is 11.6 Å². The largest absolute Gasteiger partial charge is 0.451 e. The van der Waals surface area contributed by atoms with Crippen molar-refractivity contribution in [2.24, 2.45) is 0 Å². The van der Waals surface area contributed by atoms with E-state index in [2.05, 4.69) is 20.2 Å². The van der Waals surface area contributed by atoms with E-state index in [4.69, 9.17) is 4.42 Å². The fraction of sp³-hybridized carbons (Fsp3) is 0.235. The second-order valence-electron chi connectivity index (χ2n) is 5.57. The van der Waals surface area contributed by atoms with Gasteiger partial charge in [-0.1, -0.05) is 18.2 Å². The van der Waals surface area contributed by atoms with E-state index >= 15 is 0 Å². The maximum Gasteiger partial charge on any atom is 0.291 e. The Balaban J connectivity index is 1.49. The quantitative estimate of drug-likeness (QED) is 0.805. The summed E-state index contributed by atoms with van der Waals surface area (Å²) in [5, 5.41) is 3.66. The van der Waals surface area contributed by atoms with Crippen LogP contribution in [0.3, 0.4) is 0 Å². The molecule has 6 nitrogen and oxygen atoms in total. The predicted octanol–water partition coefficient (Wildman–Crippen LogP) is 3.08. The molecule has 1 amide bonds. The highest BCUT2D eigenvalue weighted by Gasteiger charge is 2.16. The average Bonchev–Trinajstić information content (AvgIpc) is 3.25. The molecular formula is C17H16N4O2. The molecule has 0 radical (unpaired) electrons. The Kier molecular flexibility index (Phi) is 3.42. The summed E-state index contributed by atoms with van der Waals surface area (Å²) in [5.74, 6) is 0.678. The number of carbonyl (C=O) groups is 1. The molecule has 0 bridgehead atoms. The monoisotopic (exact) mass is 308 g/mol. The molecule has 1 aliphatic heterocycles. The van der Waals surface area contributed by atoms with Gasteiger partial charge in [0.2, 0.25) is 5.95 Å². The maximum absolute atomic E-state index is 12.3. The number of amides is 1. The number of hydrogen-bond acceptors (Lipinski definition) is 5. The number of rotatable bonds is 3. The zero-order valence-corrected chi connectivity index (χ0v) is 12.5. The Bertz CT molecular complexity index is 802. The third kappa shape index (κ3) is 2.75. The molecule has 0 atom stereocenters. The molecule has 1 N–H and O–H groups in total. The molecule has 6 heteroatoms. The molecule has 116 valence electrons. The Hall–Kier alpha value is -2.89. The molecule has 1 aromatic carbocycles. The van der Waals surface area contributed by atoms with Gasteiger partial charge in [-0.25, -0.2) is 9.97 Å². The molecule has 0 aliphatic carbocycles. The lowest BCUT2D eigenvalue weighted by molar-refractivity contribution is 0.0998. The van der Waals surface area contributed by atoms with Crippen molar-refractivity contribution in [2.45, 2.75) is 12.8 Å². The van der Waals surface area contributed by atoms with Gasteiger partial charge in [0.25, 0.3) is 5.91 Å². The van der Waals surface area contributed by atoms with E-state index in [1.807, 2.05) is 24.3 Å². The number of furan rings is 1. The third-order valence-corrected chi connectivity index (χ3v) is 3.93. The van der Waals surface area contributed by atoms with Gasteiger partial charge in [0, 0.05) is 18.5 Å². The number of hydrogen-bond donors (Lipinski definition) is 1. The summed E-state index contributed by atoms with van der Waals surface area (Å²) in [6.07, 6.45) is 5.60. The van der Waals surface area contributed by atoms with Crippen LogP contribution in [0.2, 0.25) is 0 Å². The number of benzene rings is 1. The van der Waals surface area contributed by atoms with Gasteiger partial charge in [-0.05, 0) is 25.0 Å². The Labute approximate surface area is 133 Å². The molecule has 4 rings (SSSR count). The number of anilines is 2. The van der Waals surface area contributed by atoms with E-state index in [-0.39, 0.29) is 11.7 Å². The zero-order chi connectivity index (χ0) is 15.6. The van der Waals surface area contributed by atoms with Gasteiger partial charge in [-0.3, -0.25) is 4.79 Å². The lowest BCUT2D eigenvalue weighted by Crippen LogP contribution is -2.20. The standard InChI is InChI=1S/C17H16N4O2/c22-16(15-9-12-5-1-2-6-14(12)23-15)20-13-10-18-17(19-11-13)21-7-3-4-8-21/h1-2,5-6,9-11H,3-4,7-8H2,(H,20,22). The molecule has 2 aromatic heterocycles. The summed E-state index contributed by atoms with van der Waals surface area (Å²) in [5.41, 5.74) is 1.25. The molecule has 0 saturated carbocycles. The number of nitrogens with zero attached hydrogens (tertiary/aromatic N) is 3. The maximum atomic E-state index is 12.3. The van der Waals surface area contributed by atoms with E-state index in [9.17, 15) is 4.79 Å². The Morgan fingerprint density at radius 2 is 1.87 bits per heavy atom. The highest BCUT2D eigenvalue weighted by atomic mass is 16.3. The van der Waals surface area contributed by atoms with Crippen molar-refractivity contribution in [3.8, 4) is 0 Å². The molecular weight excluding hydrogens is 292 g/mol. The van der Waals surface area contributed by atoms with Crippen LogP contribution in [0.1, 0.15) is 23.4 Å². The number of carbonyl (C=O) groups excluding carboxylic acids is 1. The Morgan fingerprint density at radius 3 is 2.61 bits per heavy atom. The second-order valence-corrected chi connectivity index (χ2v) is 5.57. The fourth-order valence-electron chi connectivity index (χ4n) is 2.75. The molecule has 3 heterocycles. The lowest BCUT2D eigenvalue weighted by atomic mass is 10.2. The van der Waals surface area contributed by atoms with Gasteiger partial charge < -0.3 is 14.6 Å². The summed E-state index contributed by atoms with van der Waals surface area (Å²) in [6.45, 7) is 1.98. The highest BCUT2D eigenvalue weighted by Crippen LogP contribution is 2.20. The minimum absolute atomic E-state index is 0.273. The first-order chi connectivity index (χ1) is 11.3. The van der Waals surface area contributed by atoms with Crippen molar-refractivity contribution in [1.82, 2.24) is 9.97 Å². The first-order valence-electron chi connectivity index (χ1n) is 7.66. The van der Waals surface area contributed by atoms with Crippen molar-refractivity contribution in [3.05, 3.63) is 48.5 Å². The number of para-hydroxylation sites is 1. The average molecular weight is 308 g/mol. The van der Waals surface area contributed by atoms with Crippen LogP contribution in [0.15, 0.2) is 47.1 Å². The summed E-state index contributed by atoms with van der Waals surface area (Å²) in [4.78, 5) is 23.0. The SMILES string of the molecule is O=C(Nc1cnc(N2CCCC2)nc1)c1cc2ccccc2o1. The van der Waals surface area contributed by atoms with Crippen molar-refractivity contribution < 1.29 is 9.21 Å². The van der Waals surface area contributed by atoms with Gasteiger partial charge >= 0.3 is 0 Å². The molecule has 0 unspecified atom stereocenters. The molecule has 3 aromatic rings. The predicted molar refractivity (Wildman–Crippen MR) is 87.6 cm³/mol. The van der Waals surface area contributed by atoms with Crippen molar-refractivity contribution in [2.75, 3.05) is 23.3 Å². The van der Waals surface area contributed by atoms with Gasteiger partial charge in [-0.2, -0.15) is 0 Å². The summed E-state index contributed by atoms with van der Waals surface area (Å²) in [6, 6.07) is 9.25. The third-order valence-electron chi connectivity index (χ3n) is 3.93. The first-order valence-corrected chi connectivity index (χ1v) is 7.66. The van der Waals surface area contributed by atoms with Crippen LogP contribution in [0.5, 0.6) is 0 Å². The van der Waals surface area contributed by atoms with Crippen LogP contribution < -0.4 is 10.2 Å². The summed E-state index contributed by atoms with van der Waals surface area (Å²) < 4.78 is 5.55. The minimum atomic E-state index is -0.307. The topological polar surface area (TPSA) is 71.3 Å². The van der Waals surface area contributed by atoms with Crippen molar-refractivity contribution in [3.63, 3.8) is 0 Å². The van der Waals surface area contributed by atoms with E-state index in [1.54, 1.807) is 18.5 Å². The molecule has 23 heavy (non-hydrogen) atoms. The fourth-order valence-corrected chi connectivity index (χ4v) is 2.75. The molecule has 1 saturated heterocycles. The molecule has 1 fully saturated rings. The number of fused-ring (bicyclic) bond motifs is 1. The van der Waals surface area contributed by atoms with E-state index < -0.39 is 0 Å². The van der Waals surface area contributed by atoms with Crippen molar-refractivity contribution in [1.29, 1.82) is 0 Å². The van der Waals surface area contributed by atoms with E-state index in [0.29, 0.717) is 17.2 Å². The molecule has 0 spiro atoms. The Morgan fingerprint density at radius 1 is 1.13 bits per heavy atom. The highest BCUT2D eigenvalue weighted by molar-refractivity contribution is 6.04. The van der Waals surface area contributed by atoms with E-state index in [1.165, 1.54) is 12.8 Å². The van der Waals surface area contributed by atoms with Gasteiger partial charge in [-0.15, -0.1) is 0 Å². The van der Waals surface area contributed by atoms with Crippen LogP contribution in [0.25, 0.3) is 11.0 Å². The van der Waals surface area contributed by atoms with Crippen LogP contribution in [-0.4, -0.2) is 29.0 Å². The van der Waals surface area contributed by atoms with Gasteiger partial charge in [0.1, 0.15) is 5.58 Å². The normalized spacial score (nSPS) is 14.3. The van der Waals surface area contributed by atoms with Crippen molar-refractivity contribution >= 4 is 28.5 Å². The summed E-state index contributed by atoms with van der Waals surface area (Å²) in [7, 11) is 0. The smallest absolute Gasteiger partial charge is 0.291 e. The van der Waals surface area contributed by atoms with Gasteiger partial charge in [0.05, 0.1) is 18.1 Å². The summed E-state index contributed by atoms with van der Waals surface area (Å²) >= 11 is 0. The zero-order valence-electron chi connectivity index (χ0n) is 12.5. The minimum Gasteiger partial charge on any atom is -0.451 e. The molecule has 1 aliphatic rings. The first kappa shape index (κ1) is 13.8. The number of aromatic nitrogens is 2. The second kappa shape index (κ2) is 5.72. The van der Waals surface area contributed by atoms with E-state index in [0.717, 1.165) is 18.5 Å².